The van der Waals surface area contributed by atoms with Crippen LogP contribution in [0.3, 0.4) is 0 Å². The van der Waals surface area contributed by atoms with Crippen LogP contribution < -0.4 is 11.1 Å². The lowest BCUT2D eigenvalue weighted by atomic mass is 10.0. The number of anilines is 2. The molecule has 1 aromatic carbocycles. The van der Waals surface area contributed by atoms with E-state index in [1.165, 1.54) is 6.42 Å². The molecule has 1 fully saturated rings. The van der Waals surface area contributed by atoms with Crippen LogP contribution in [0.1, 0.15) is 18.4 Å². The van der Waals surface area contributed by atoms with E-state index in [1.807, 2.05) is 19.1 Å². The lowest BCUT2D eigenvalue weighted by Crippen LogP contribution is -2.24. The monoisotopic (exact) mass is 254 g/mol. The van der Waals surface area contributed by atoms with Crippen LogP contribution in [0.4, 0.5) is 11.4 Å². The first-order chi connectivity index (χ1) is 8.16. The van der Waals surface area contributed by atoms with Crippen LogP contribution in [0.5, 0.6) is 0 Å². The molecule has 0 amide bonds. The molecule has 1 atom stereocenters. The minimum atomic E-state index is 0.597. The molecule has 1 aliphatic heterocycles. The molecular weight excluding hydrogens is 236 g/mol. The summed E-state index contributed by atoms with van der Waals surface area (Å²) in [5, 5.41) is 4.04. The van der Waals surface area contributed by atoms with Gasteiger partial charge in [-0.3, -0.25) is 0 Å². The number of nitrogen functional groups attached to an aromatic ring is 1. The average Bonchev–Trinajstić information content (AvgIpc) is 2.33. The minimum Gasteiger partial charge on any atom is -0.398 e. The van der Waals surface area contributed by atoms with Crippen molar-refractivity contribution in [2.24, 2.45) is 5.92 Å². The molecule has 3 nitrogen and oxygen atoms in total. The summed E-state index contributed by atoms with van der Waals surface area (Å²) in [6.45, 7) is 4.73. The molecule has 0 spiro atoms. The Hall–Kier alpha value is -0.930. The van der Waals surface area contributed by atoms with Gasteiger partial charge in [-0.25, -0.2) is 0 Å². The van der Waals surface area contributed by atoms with Crippen molar-refractivity contribution in [3.63, 3.8) is 0 Å². The van der Waals surface area contributed by atoms with Crippen molar-refractivity contribution in [1.82, 2.24) is 0 Å². The summed E-state index contributed by atoms with van der Waals surface area (Å²) in [5.41, 5.74) is 8.58. The lowest BCUT2D eigenvalue weighted by molar-refractivity contribution is 0.0595. The molecule has 1 aliphatic rings. The van der Waals surface area contributed by atoms with Crippen molar-refractivity contribution in [2.75, 3.05) is 30.8 Å². The van der Waals surface area contributed by atoms with Crippen molar-refractivity contribution >= 4 is 23.0 Å². The van der Waals surface area contributed by atoms with E-state index in [9.17, 15) is 0 Å². The number of aryl methyl sites for hydroxylation is 1. The van der Waals surface area contributed by atoms with Gasteiger partial charge in [-0.05, 0) is 43.4 Å². The predicted octanol–water partition coefficient (Wildman–Crippen LogP) is 3.07. The standard InChI is InChI=1S/C13H19ClN2O/c1-9-5-12(15)11(14)6-13(9)16-7-10-3-2-4-17-8-10/h5-6,10,16H,2-4,7-8,15H2,1H3. The van der Waals surface area contributed by atoms with Crippen LogP contribution in [-0.2, 0) is 4.74 Å². The molecule has 1 aromatic rings. The van der Waals surface area contributed by atoms with Gasteiger partial charge in [0.15, 0.2) is 0 Å². The van der Waals surface area contributed by atoms with E-state index < -0.39 is 0 Å². The van der Waals surface area contributed by atoms with Crippen LogP contribution >= 0.6 is 11.6 Å². The molecule has 4 heteroatoms. The first-order valence-electron chi connectivity index (χ1n) is 6.04. The zero-order valence-corrected chi connectivity index (χ0v) is 10.9. The van der Waals surface area contributed by atoms with Crippen LogP contribution in [0.15, 0.2) is 12.1 Å². The van der Waals surface area contributed by atoms with Crippen LogP contribution in [0.2, 0.25) is 5.02 Å². The van der Waals surface area contributed by atoms with Gasteiger partial charge in [0.25, 0.3) is 0 Å². The maximum absolute atomic E-state index is 6.02. The van der Waals surface area contributed by atoms with Gasteiger partial charge >= 0.3 is 0 Å². The zero-order chi connectivity index (χ0) is 12.3. The molecule has 1 saturated heterocycles. The third-order valence-electron chi connectivity index (χ3n) is 3.18. The largest absolute Gasteiger partial charge is 0.398 e. The van der Waals surface area contributed by atoms with E-state index in [0.717, 1.165) is 37.4 Å². The summed E-state index contributed by atoms with van der Waals surface area (Å²) in [4.78, 5) is 0. The van der Waals surface area contributed by atoms with Gasteiger partial charge in [0.05, 0.1) is 17.3 Å². The smallest absolute Gasteiger partial charge is 0.0656 e. The Kier molecular flexibility index (Phi) is 4.13. The summed E-state index contributed by atoms with van der Waals surface area (Å²) in [6, 6.07) is 3.80. The summed E-state index contributed by atoms with van der Waals surface area (Å²) in [5.74, 6) is 0.597. The molecule has 1 unspecified atom stereocenters. The second kappa shape index (κ2) is 5.61. The number of nitrogens with one attached hydrogen (secondary N) is 1. The highest BCUT2D eigenvalue weighted by Gasteiger charge is 2.14. The number of benzene rings is 1. The van der Waals surface area contributed by atoms with Crippen molar-refractivity contribution in [3.8, 4) is 0 Å². The zero-order valence-electron chi connectivity index (χ0n) is 10.1. The molecule has 0 radical (unpaired) electrons. The van der Waals surface area contributed by atoms with Crippen LogP contribution in [-0.4, -0.2) is 19.8 Å². The summed E-state index contributed by atoms with van der Waals surface area (Å²) < 4.78 is 5.46. The quantitative estimate of drug-likeness (QED) is 0.815. The highest BCUT2D eigenvalue weighted by molar-refractivity contribution is 6.33. The number of nitrogens with two attached hydrogens (primary N) is 1. The Balaban J connectivity index is 1.96. The Morgan fingerprint density at radius 2 is 2.35 bits per heavy atom. The van der Waals surface area contributed by atoms with Crippen LogP contribution in [0, 0.1) is 12.8 Å². The van der Waals surface area contributed by atoms with Gasteiger partial charge in [-0.2, -0.15) is 0 Å². The molecule has 3 N–H and O–H groups in total. The maximum Gasteiger partial charge on any atom is 0.0656 e. The molecule has 17 heavy (non-hydrogen) atoms. The lowest BCUT2D eigenvalue weighted by Gasteiger charge is -2.23. The van der Waals surface area contributed by atoms with Crippen molar-refractivity contribution < 1.29 is 4.74 Å². The van der Waals surface area contributed by atoms with Gasteiger partial charge in [0, 0.05) is 18.8 Å². The molecule has 0 aliphatic carbocycles. The highest BCUT2D eigenvalue weighted by Crippen LogP contribution is 2.27. The fourth-order valence-electron chi connectivity index (χ4n) is 2.12. The molecule has 0 aromatic heterocycles. The topological polar surface area (TPSA) is 47.3 Å². The normalized spacial score (nSPS) is 20.2. The Bertz CT molecular complexity index is 389. The maximum atomic E-state index is 6.02. The molecule has 1 heterocycles. The third-order valence-corrected chi connectivity index (χ3v) is 3.51. The van der Waals surface area contributed by atoms with Crippen molar-refractivity contribution in [3.05, 3.63) is 22.7 Å². The Morgan fingerprint density at radius 3 is 3.06 bits per heavy atom. The summed E-state index contributed by atoms with van der Waals surface area (Å²) in [6.07, 6.45) is 2.39. The van der Waals surface area contributed by atoms with E-state index in [2.05, 4.69) is 5.32 Å². The summed E-state index contributed by atoms with van der Waals surface area (Å²) >= 11 is 6.02. The number of hydrogen-bond acceptors (Lipinski definition) is 3. The Morgan fingerprint density at radius 1 is 1.53 bits per heavy atom. The van der Waals surface area contributed by atoms with E-state index >= 15 is 0 Å². The van der Waals surface area contributed by atoms with E-state index in [1.54, 1.807) is 0 Å². The summed E-state index contributed by atoms with van der Waals surface area (Å²) in [7, 11) is 0. The molecule has 0 bridgehead atoms. The first-order valence-corrected chi connectivity index (χ1v) is 6.42. The van der Waals surface area contributed by atoms with E-state index in [0.29, 0.717) is 16.6 Å². The SMILES string of the molecule is Cc1cc(N)c(Cl)cc1NCC1CCCOC1. The fraction of sp³-hybridized carbons (Fsp3) is 0.538. The van der Waals surface area contributed by atoms with Crippen molar-refractivity contribution in [2.45, 2.75) is 19.8 Å². The molecule has 94 valence electrons. The van der Waals surface area contributed by atoms with E-state index in [-0.39, 0.29) is 0 Å². The molecular formula is C13H19ClN2O. The number of ether oxygens (including phenoxy) is 1. The number of halogens is 1. The molecule has 2 rings (SSSR count). The first kappa shape index (κ1) is 12.5. The van der Waals surface area contributed by atoms with Gasteiger partial charge in [-0.1, -0.05) is 11.6 Å². The number of rotatable bonds is 3. The predicted molar refractivity (Wildman–Crippen MR) is 72.6 cm³/mol. The van der Waals surface area contributed by atoms with Crippen LogP contribution in [0.25, 0.3) is 0 Å². The van der Waals surface area contributed by atoms with Gasteiger partial charge < -0.3 is 15.8 Å². The molecule has 0 saturated carbocycles. The second-order valence-electron chi connectivity index (χ2n) is 4.65. The van der Waals surface area contributed by atoms with Gasteiger partial charge in [0.2, 0.25) is 0 Å². The van der Waals surface area contributed by atoms with Crippen molar-refractivity contribution in [1.29, 1.82) is 0 Å². The number of hydrogen-bond donors (Lipinski definition) is 2. The highest BCUT2D eigenvalue weighted by atomic mass is 35.5. The van der Waals surface area contributed by atoms with Gasteiger partial charge in [0.1, 0.15) is 0 Å². The average molecular weight is 255 g/mol. The second-order valence-corrected chi connectivity index (χ2v) is 5.06. The van der Waals surface area contributed by atoms with E-state index in [4.69, 9.17) is 22.1 Å². The Labute approximate surface area is 107 Å². The fourth-order valence-corrected chi connectivity index (χ4v) is 2.28. The minimum absolute atomic E-state index is 0.597. The third kappa shape index (κ3) is 3.27. The van der Waals surface area contributed by atoms with Gasteiger partial charge in [-0.15, -0.1) is 0 Å².